The summed E-state index contributed by atoms with van der Waals surface area (Å²) in [4.78, 5) is 25.8. The quantitative estimate of drug-likeness (QED) is 0.540. The summed E-state index contributed by atoms with van der Waals surface area (Å²) in [7, 11) is 1.34. The number of H-pyrrole nitrogens is 1. The third kappa shape index (κ3) is 5.88. The van der Waals surface area contributed by atoms with Gasteiger partial charge in [0.1, 0.15) is 5.69 Å². The molecule has 1 heterocycles. The number of carbonyl (C=O) groups is 2. The van der Waals surface area contributed by atoms with Crippen molar-refractivity contribution >= 4 is 11.9 Å². The van der Waals surface area contributed by atoms with Crippen molar-refractivity contribution in [3.8, 4) is 0 Å². The standard InChI is InChI=1S/C14H23N3O3/c1-14(2,3)17-12(18)7-8-15-9-10-5-6-11(16-10)13(19)20-4/h5-6,15-16H,7-9H2,1-4H3,(H,17,18). The fourth-order valence-electron chi connectivity index (χ4n) is 1.68. The Morgan fingerprint density at radius 3 is 2.60 bits per heavy atom. The third-order valence-corrected chi connectivity index (χ3v) is 2.51. The number of carbonyl (C=O) groups excluding carboxylic acids is 2. The van der Waals surface area contributed by atoms with Crippen molar-refractivity contribution in [2.75, 3.05) is 13.7 Å². The fourth-order valence-corrected chi connectivity index (χ4v) is 1.68. The summed E-state index contributed by atoms with van der Waals surface area (Å²) in [5.74, 6) is -0.368. The summed E-state index contributed by atoms with van der Waals surface area (Å²) in [6.07, 6.45) is 0.418. The van der Waals surface area contributed by atoms with Crippen LogP contribution >= 0.6 is 0 Å². The summed E-state index contributed by atoms with van der Waals surface area (Å²) < 4.78 is 4.61. The molecule has 1 amide bonds. The average molecular weight is 281 g/mol. The first kappa shape index (κ1) is 16.2. The van der Waals surface area contributed by atoms with Crippen molar-refractivity contribution in [1.29, 1.82) is 0 Å². The van der Waals surface area contributed by atoms with Crippen LogP contribution in [-0.2, 0) is 16.1 Å². The Bertz CT molecular complexity index is 460. The van der Waals surface area contributed by atoms with Crippen LogP contribution in [0.2, 0.25) is 0 Å². The number of hydrogen-bond acceptors (Lipinski definition) is 4. The van der Waals surface area contributed by atoms with Crippen molar-refractivity contribution in [2.24, 2.45) is 0 Å². The minimum atomic E-state index is -0.388. The van der Waals surface area contributed by atoms with E-state index in [9.17, 15) is 9.59 Å². The van der Waals surface area contributed by atoms with Crippen LogP contribution in [0.25, 0.3) is 0 Å². The molecule has 0 aliphatic heterocycles. The SMILES string of the molecule is COC(=O)c1ccc(CNCCC(=O)NC(C)(C)C)[nH]1. The number of aromatic amines is 1. The van der Waals surface area contributed by atoms with Crippen molar-refractivity contribution in [1.82, 2.24) is 15.6 Å². The monoisotopic (exact) mass is 281 g/mol. The van der Waals surface area contributed by atoms with Crippen LogP contribution in [0, 0.1) is 0 Å². The van der Waals surface area contributed by atoms with Gasteiger partial charge < -0.3 is 20.4 Å². The Balaban J connectivity index is 2.26. The Morgan fingerprint density at radius 1 is 1.30 bits per heavy atom. The van der Waals surface area contributed by atoms with E-state index < -0.39 is 0 Å². The zero-order chi connectivity index (χ0) is 15.2. The van der Waals surface area contributed by atoms with Crippen LogP contribution in [0.3, 0.4) is 0 Å². The molecule has 6 nitrogen and oxygen atoms in total. The smallest absolute Gasteiger partial charge is 0.354 e. The summed E-state index contributed by atoms with van der Waals surface area (Å²) in [6, 6.07) is 3.49. The minimum absolute atomic E-state index is 0.0201. The van der Waals surface area contributed by atoms with Gasteiger partial charge in [-0.25, -0.2) is 4.79 Å². The molecule has 112 valence electrons. The zero-order valence-corrected chi connectivity index (χ0v) is 12.5. The van der Waals surface area contributed by atoms with Gasteiger partial charge in [-0.15, -0.1) is 0 Å². The van der Waals surface area contributed by atoms with Crippen molar-refractivity contribution < 1.29 is 14.3 Å². The van der Waals surface area contributed by atoms with Gasteiger partial charge in [-0.1, -0.05) is 0 Å². The summed E-state index contributed by atoms with van der Waals surface area (Å²) >= 11 is 0. The highest BCUT2D eigenvalue weighted by Gasteiger charge is 2.13. The number of aromatic nitrogens is 1. The second-order valence-corrected chi connectivity index (χ2v) is 5.61. The average Bonchev–Trinajstić information content (AvgIpc) is 2.80. The van der Waals surface area contributed by atoms with E-state index >= 15 is 0 Å². The molecular formula is C14H23N3O3. The van der Waals surface area contributed by atoms with Gasteiger partial charge in [-0.05, 0) is 32.9 Å². The van der Waals surface area contributed by atoms with Gasteiger partial charge in [-0.3, -0.25) is 4.79 Å². The number of amides is 1. The van der Waals surface area contributed by atoms with E-state index in [-0.39, 0.29) is 17.4 Å². The highest BCUT2D eigenvalue weighted by atomic mass is 16.5. The van der Waals surface area contributed by atoms with Crippen LogP contribution in [0.4, 0.5) is 0 Å². The van der Waals surface area contributed by atoms with Crippen molar-refractivity contribution in [3.05, 3.63) is 23.5 Å². The summed E-state index contributed by atoms with van der Waals surface area (Å²) in [5, 5.41) is 6.04. The molecule has 0 atom stereocenters. The lowest BCUT2D eigenvalue weighted by atomic mass is 10.1. The van der Waals surface area contributed by atoms with Crippen LogP contribution in [-0.4, -0.2) is 36.1 Å². The van der Waals surface area contributed by atoms with Crippen LogP contribution < -0.4 is 10.6 Å². The minimum Gasteiger partial charge on any atom is -0.464 e. The van der Waals surface area contributed by atoms with E-state index in [2.05, 4.69) is 20.4 Å². The van der Waals surface area contributed by atoms with Gasteiger partial charge in [0.15, 0.2) is 0 Å². The highest BCUT2D eigenvalue weighted by Crippen LogP contribution is 2.03. The molecular weight excluding hydrogens is 258 g/mol. The molecule has 20 heavy (non-hydrogen) atoms. The maximum absolute atomic E-state index is 11.6. The van der Waals surface area contributed by atoms with E-state index in [1.807, 2.05) is 26.8 Å². The van der Waals surface area contributed by atoms with E-state index in [1.54, 1.807) is 6.07 Å². The number of methoxy groups -OCH3 is 1. The largest absolute Gasteiger partial charge is 0.464 e. The normalized spacial score (nSPS) is 11.2. The predicted octanol–water partition coefficient (Wildman–Crippen LogP) is 1.20. The van der Waals surface area contributed by atoms with E-state index in [0.29, 0.717) is 25.2 Å². The van der Waals surface area contributed by atoms with E-state index in [1.165, 1.54) is 7.11 Å². The molecule has 0 radical (unpaired) electrons. The Kier molecular flexibility index (Phi) is 5.76. The zero-order valence-electron chi connectivity index (χ0n) is 12.5. The molecule has 3 N–H and O–H groups in total. The number of esters is 1. The summed E-state index contributed by atoms with van der Waals surface area (Å²) in [5.41, 5.74) is 1.10. The van der Waals surface area contributed by atoms with Gasteiger partial charge in [0.05, 0.1) is 7.11 Å². The molecule has 0 aliphatic carbocycles. The molecule has 0 fully saturated rings. The lowest BCUT2D eigenvalue weighted by Crippen LogP contribution is -2.41. The molecule has 0 aliphatic rings. The maximum atomic E-state index is 11.6. The van der Waals surface area contributed by atoms with Gasteiger partial charge in [0.25, 0.3) is 0 Å². The topological polar surface area (TPSA) is 83.2 Å². The van der Waals surface area contributed by atoms with Crippen molar-refractivity contribution in [3.63, 3.8) is 0 Å². The first-order chi connectivity index (χ1) is 9.31. The number of ether oxygens (including phenoxy) is 1. The second-order valence-electron chi connectivity index (χ2n) is 5.61. The van der Waals surface area contributed by atoms with E-state index in [4.69, 9.17) is 0 Å². The van der Waals surface area contributed by atoms with Crippen LogP contribution in [0.1, 0.15) is 43.4 Å². The molecule has 1 aromatic rings. The first-order valence-electron chi connectivity index (χ1n) is 6.60. The number of rotatable bonds is 6. The first-order valence-corrected chi connectivity index (χ1v) is 6.60. The van der Waals surface area contributed by atoms with Crippen LogP contribution in [0.5, 0.6) is 0 Å². The fraction of sp³-hybridized carbons (Fsp3) is 0.571. The molecule has 0 unspecified atom stereocenters. The molecule has 0 aromatic carbocycles. The molecule has 0 saturated carbocycles. The number of nitrogens with one attached hydrogen (secondary N) is 3. The van der Waals surface area contributed by atoms with Gasteiger partial charge in [0, 0.05) is 30.7 Å². The number of hydrogen-bond donors (Lipinski definition) is 3. The summed E-state index contributed by atoms with van der Waals surface area (Å²) in [6.45, 7) is 7.00. The third-order valence-electron chi connectivity index (χ3n) is 2.51. The Labute approximate surface area is 119 Å². The Hall–Kier alpha value is -1.82. The molecule has 1 aromatic heterocycles. The van der Waals surface area contributed by atoms with Crippen LogP contribution in [0.15, 0.2) is 12.1 Å². The molecule has 6 heteroatoms. The van der Waals surface area contributed by atoms with E-state index in [0.717, 1.165) is 5.69 Å². The molecule has 0 spiro atoms. The van der Waals surface area contributed by atoms with Crippen molar-refractivity contribution in [2.45, 2.75) is 39.3 Å². The Morgan fingerprint density at radius 2 is 2.00 bits per heavy atom. The lowest BCUT2D eigenvalue weighted by Gasteiger charge is -2.20. The van der Waals surface area contributed by atoms with Gasteiger partial charge in [0.2, 0.25) is 5.91 Å². The second kappa shape index (κ2) is 7.09. The van der Waals surface area contributed by atoms with Gasteiger partial charge in [-0.2, -0.15) is 0 Å². The predicted molar refractivity (Wildman–Crippen MR) is 76.4 cm³/mol. The lowest BCUT2D eigenvalue weighted by molar-refractivity contribution is -0.122. The molecule has 0 bridgehead atoms. The highest BCUT2D eigenvalue weighted by molar-refractivity contribution is 5.87. The maximum Gasteiger partial charge on any atom is 0.354 e. The molecule has 0 saturated heterocycles. The molecule has 1 rings (SSSR count). The van der Waals surface area contributed by atoms with Gasteiger partial charge >= 0.3 is 5.97 Å².